The average molecular weight is 268 g/mol. The van der Waals surface area contributed by atoms with Crippen LogP contribution in [0.5, 0.6) is 5.75 Å². The topological polar surface area (TPSA) is 32.7 Å². The molecule has 2 aliphatic rings. The summed E-state index contributed by atoms with van der Waals surface area (Å²) in [6.07, 6.45) is 3.20. The van der Waals surface area contributed by atoms with Crippen molar-refractivity contribution < 1.29 is 9.84 Å². The molecular weight excluding hydrogens is 250 g/mol. The van der Waals surface area contributed by atoms with E-state index in [-0.39, 0.29) is 6.61 Å². The molecule has 2 aliphatic heterocycles. The summed E-state index contributed by atoms with van der Waals surface area (Å²) < 4.78 is 5.72. The quantitative estimate of drug-likeness (QED) is 0.912. The van der Waals surface area contributed by atoms with Gasteiger partial charge in [0, 0.05) is 29.6 Å². The van der Waals surface area contributed by atoms with Crippen LogP contribution in [0.15, 0.2) is 12.1 Å². The summed E-state index contributed by atoms with van der Waals surface area (Å²) in [4.78, 5) is 2.33. The number of benzene rings is 1. The lowest BCUT2D eigenvalue weighted by Crippen LogP contribution is -2.31. The van der Waals surface area contributed by atoms with E-state index in [1.54, 1.807) is 0 Å². The van der Waals surface area contributed by atoms with Crippen molar-refractivity contribution in [2.24, 2.45) is 0 Å². The standard InChI is InChI=1S/C14H18ClNO2/c15-12-6-10-3-5-18-14(10)11(7-12)8-16-4-1-2-13(16)9-17/h6-7,13,17H,1-5,8-9H2/t13-/m1/s1. The second-order valence-electron chi connectivity index (χ2n) is 5.10. The summed E-state index contributed by atoms with van der Waals surface area (Å²) in [6, 6.07) is 4.29. The first-order valence-electron chi connectivity index (χ1n) is 6.57. The molecule has 3 rings (SSSR count). The molecule has 0 aliphatic carbocycles. The summed E-state index contributed by atoms with van der Waals surface area (Å²) in [5.74, 6) is 1.02. The number of rotatable bonds is 3. The first kappa shape index (κ1) is 12.3. The minimum atomic E-state index is 0.240. The van der Waals surface area contributed by atoms with Crippen molar-refractivity contribution in [1.29, 1.82) is 0 Å². The number of halogens is 1. The Morgan fingerprint density at radius 1 is 1.44 bits per heavy atom. The number of ether oxygens (including phenoxy) is 1. The van der Waals surface area contributed by atoms with Crippen LogP contribution in [0.25, 0.3) is 0 Å². The molecule has 0 aromatic heterocycles. The van der Waals surface area contributed by atoms with Gasteiger partial charge in [0.2, 0.25) is 0 Å². The number of aliphatic hydroxyl groups excluding tert-OH is 1. The molecule has 1 saturated heterocycles. The van der Waals surface area contributed by atoms with Crippen molar-refractivity contribution in [3.63, 3.8) is 0 Å². The Hall–Kier alpha value is -0.770. The summed E-state index contributed by atoms with van der Waals surface area (Å²) in [5.41, 5.74) is 2.38. The lowest BCUT2D eigenvalue weighted by atomic mass is 10.1. The van der Waals surface area contributed by atoms with Crippen molar-refractivity contribution in [3.05, 3.63) is 28.3 Å². The third-order valence-electron chi connectivity index (χ3n) is 3.91. The molecule has 0 saturated carbocycles. The van der Waals surface area contributed by atoms with E-state index in [1.165, 1.54) is 5.56 Å². The van der Waals surface area contributed by atoms with Crippen molar-refractivity contribution in [3.8, 4) is 5.75 Å². The van der Waals surface area contributed by atoms with Gasteiger partial charge in [0.05, 0.1) is 13.2 Å². The lowest BCUT2D eigenvalue weighted by Gasteiger charge is -2.23. The van der Waals surface area contributed by atoms with E-state index in [2.05, 4.69) is 4.90 Å². The average Bonchev–Trinajstić information content (AvgIpc) is 2.96. The number of hydrogen-bond acceptors (Lipinski definition) is 3. The van der Waals surface area contributed by atoms with Crippen molar-refractivity contribution in [2.45, 2.75) is 31.8 Å². The summed E-state index contributed by atoms with van der Waals surface area (Å²) in [7, 11) is 0. The molecule has 4 heteroatoms. The molecule has 0 bridgehead atoms. The van der Waals surface area contributed by atoms with Crippen LogP contribution in [0.2, 0.25) is 5.02 Å². The Kier molecular flexibility index (Phi) is 3.46. The second-order valence-corrected chi connectivity index (χ2v) is 5.54. The molecule has 98 valence electrons. The van der Waals surface area contributed by atoms with Gasteiger partial charge in [-0.3, -0.25) is 4.90 Å². The molecule has 1 aromatic carbocycles. The molecule has 1 fully saturated rings. The Morgan fingerprint density at radius 3 is 3.17 bits per heavy atom. The van der Waals surface area contributed by atoms with Gasteiger partial charge >= 0.3 is 0 Å². The van der Waals surface area contributed by atoms with E-state index in [1.807, 2.05) is 12.1 Å². The van der Waals surface area contributed by atoms with Crippen LogP contribution in [0.3, 0.4) is 0 Å². The molecule has 1 aromatic rings. The number of nitrogens with zero attached hydrogens (tertiary/aromatic N) is 1. The van der Waals surface area contributed by atoms with Gasteiger partial charge in [-0.2, -0.15) is 0 Å². The van der Waals surface area contributed by atoms with Crippen LogP contribution in [-0.4, -0.2) is 35.8 Å². The molecule has 1 N–H and O–H groups in total. The van der Waals surface area contributed by atoms with E-state index in [0.29, 0.717) is 6.04 Å². The van der Waals surface area contributed by atoms with E-state index in [4.69, 9.17) is 16.3 Å². The van der Waals surface area contributed by atoms with Crippen LogP contribution in [0.1, 0.15) is 24.0 Å². The third-order valence-corrected chi connectivity index (χ3v) is 4.13. The van der Waals surface area contributed by atoms with E-state index in [9.17, 15) is 5.11 Å². The molecule has 2 heterocycles. The lowest BCUT2D eigenvalue weighted by molar-refractivity contribution is 0.152. The minimum Gasteiger partial charge on any atom is -0.493 e. The van der Waals surface area contributed by atoms with Gasteiger partial charge in [0.15, 0.2) is 0 Å². The van der Waals surface area contributed by atoms with Gasteiger partial charge in [0.25, 0.3) is 0 Å². The highest BCUT2D eigenvalue weighted by Gasteiger charge is 2.26. The van der Waals surface area contributed by atoms with Crippen molar-refractivity contribution in [2.75, 3.05) is 19.8 Å². The van der Waals surface area contributed by atoms with Crippen LogP contribution in [0.4, 0.5) is 0 Å². The van der Waals surface area contributed by atoms with Crippen molar-refractivity contribution >= 4 is 11.6 Å². The highest BCUT2D eigenvalue weighted by Crippen LogP contribution is 2.34. The molecule has 0 radical (unpaired) electrons. The SMILES string of the molecule is OC[C@H]1CCCN1Cc1cc(Cl)cc2c1OCC2. The largest absolute Gasteiger partial charge is 0.493 e. The summed E-state index contributed by atoms with van der Waals surface area (Å²) in [6.45, 7) is 2.87. The first-order valence-corrected chi connectivity index (χ1v) is 6.94. The first-order chi connectivity index (χ1) is 8.78. The summed E-state index contributed by atoms with van der Waals surface area (Å²) in [5, 5.41) is 10.1. The fourth-order valence-corrected chi connectivity index (χ4v) is 3.26. The highest BCUT2D eigenvalue weighted by molar-refractivity contribution is 6.30. The fraction of sp³-hybridized carbons (Fsp3) is 0.571. The Balaban J connectivity index is 1.84. The number of likely N-dealkylation sites (tertiary alicyclic amines) is 1. The molecule has 3 nitrogen and oxygen atoms in total. The van der Waals surface area contributed by atoms with Crippen LogP contribution >= 0.6 is 11.6 Å². The van der Waals surface area contributed by atoms with Crippen molar-refractivity contribution in [1.82, 2.24) is 4.90 Å². The maximum atomic E-state index is 9.36. The predicted molar refractivity (Wildman–Crippen MR) is 71.2 cm³/mol. The molecule has 0 unspecified atom stereocenters. The van der Waals surface area contributed by atoms with Gasteiger partial charge in [-0.1, -0.05) is 11.6 Å². The Morgan fingerprint density at radius 2 is 2.33 bits per heavy atom. The zero-order valence-corrected chi connectivity index (χ0v) is 11.1. The molecular formula is C14H18ClNO2. The van der Waals surface area contributed by atoms with E-state index >= 15 is 0 Å². The molecule has 1 atom stereocenters. The maximum absolute atomic E-state index is 9.36. The van der Waals surface area contributed by atoms with Gasteiger partial charge in [-0.15, -0.1) is 0 Å². The highest BCUT2D eigenvalue weighted by atomic mass is 35.5. The Labute approximate surface area is 112 Å². The van der Waals surface area contributed by atoms with Crippen LogP contribution in [-0.2, 0) is 13.0 Å². The zero-order chi connectivity index (χ0) is 12.5. The Bertz CT molecular complexity index is 450. The fourth-order valence-electron chi connectivity index (χ4n) is 2.99. The third kappa shape index (κ3) is 2.22. The van der Waals surface area contributed by atoms with Gasteiger partial charge < -0.3 is 9.84 Å². The molecule has 0 spiro atoms. The second kappa shape index (κ2) is 5.08. The maximum Gasteiger partial charge on any atom is 0.127 e. The number of aliphatic hydroxyl groups is 1. The van der Waals surface area contributed by atoms with E-state index < -0.39 is 0 Å². The van der Waals surface area contributed by atoms with Crippen LogP contribution in [0, 0.1) is 0 Å². The zero-order valence-electron chi connectivity index (χ0n) is 10.4. The monoisotopic (exact) mass is 267 g/mol. The van der Waals surface area contributed by atoms with Gasteiger partial charge in [0.1, 0.15) is 5.75 Å². The van der Waals surface area contributed by atoms with Gasteiger partial charge in [-0.25, -0.2) is 0 Å². The van der Waals surface area contributed by atoms with Crippen LogP contribution < -0.4 is 4.74 Å². The normalized spacial score (nSPS) is 23.1. The summed E-state index contributed by atoms with van der Waals surface area (Å²) >= 11 is 6.16. The van der Waals surface area contributed by atoms with E-state index in [0.717, 1.165) is 55.3 Å². The van der Waals surface area contributed by atoms with Gasteiger partial charge in [-0.05, 0) is 37.1 Å². The number of hydrogen-bond donors (Lipinski definition) is 1. The number of fused-ring (bicyclic) bond motifs is 1. The smallest absolute Gasteiger partial charge is 0.127 e. The minimum absolute atomic E-state index is 0.240. The predicted octanol–water partition coefficient (Wildman–Crippen LogP) is 2.23. The molecule has 18 heavy (non-hydrogen) atoms. The molecule has 0 amide bonds.